The molecule has 4 rings (SSSR count). The van der Waals surface area contributed by atoms with Gasteiger partial charge in [-0.1, -0.05) is 29.8 Å². The molecular formula is C23H28N2O3+2. The van der Waals surface area contributed by atoms with E-state index in [9.17, 15) is 9.90 Å². The molecule has 1 saturated heterocycles. The molecule has 0 radical (unpaired) electrons. The summed E-state index contributed by atoms with van der Waals surface area (Å²) in [6.45, 7) is 10.5. The number of phenols is 1. The number of hydrogen-bond donors (Lipinski definition) is 3. The normalized spacial score (nSPS) is 22.9. The minimum absolute atomic E-state index is 0.118. The van der Waals surface area contributed by atoms with Gasteiger partial charge in [0.25, 0.3) is 0 Å². The van der Waals surface area contributed by atoms with Gasteiger partial charge in [-0.3, -0.25) is 4.79 Å². The van der Waals surface area contributed by atoms with Crippen molar-refractivity contribution in [2.45, 2.75) is 20.4 Å². The molecule has 0 spiro atoms. The Morgan fingerprint density at radius 3 is 2.57 bits per heavy atom. The second-order valence-corrected chi connectivity index (χ2v) is 7.82. The van der Waals surface area contributed by atoms with E-state index in [4.69, 9.17) is 4.74 Å². The summed E-state index contributed by atoms with van der Waals surface area (Å²) in [5, 5.41) is 10.5. The van der Waals surface area contributed by atoms with Crippen molar-refractivity contribution in [2.24, 2.45) is 0 Å². The maximum atomic E-state index is 12.8. The minimum Gasteiger partial charge on any atom is -0.507 e. The predicted octanol–water partition coefficient (Wildman–Crippen LogP) is 0.620. The second-order valence-electron chi connectivity index (χ2n) is 7.82. The number of fused-ring (bicyclic) bond motifs is 1. The van der Waals surface area contributed by atoms with Gasteiger partial charge in [-0.2, -0.15) is 0 Å². The average Bonchev–Trinajstić information content (AvgIpc) is 3.00. The smallest absolute Gasteiger partial charge is 0.231 e. The van der Waals surface area contributed by atoms with E-state index in [1.54, 1.807) is 23.1 Å². The number of carbonyl (C=O) groups is 1. The molecule has 28 heavy (non-hydrogen) atoms. The number of rotatable bonds is 4. The van der Waals surface area contributed by atoms with Crippen LogP contribution in [0.4, 0.5) is 0 Å². The number of carbonyl (C=O) groups excluding carboxylic acids is 1. The summed E-state index contributed by atoms with van der Waals surface area (Å²) in [6, 6.07) is 11.3. The lowest BCUT2D eigenvalue weighted by Gasteiger charge is -2.29. The number of hydrogen-bond acceptors (Lipinski definition) is 3. The molecule has 0 bridgehead atoms. The Labute approximate surface area is 165 Å². The van der Waals surface area contributed by atoms with E-state index in [0.717, 1.165) is 49.4 Å². The van der Waals surface area contributed by atoms with Crippen molar-refractivity contribution < 1.29 is 24.4 Å². The SMILES string of the molecule is CC[NH+]1CC[NH+](Cc2c(O)ccc3c2O/C(=C\c2cccc(C)c2)C3=O)CC1. The zero-order chi connectivity index (χ0) is 19.7. The van der Waals surface area contributed by atoms with Gasteiger partial charge < -0.3 is 19.6 Å². The van der Waals surface area contributed by atoms with E-state index in [2.05, 4.69) is 6.92 Å². The van der Waals surface area contributed by atoms with Crippen LogP contribution >= 0.6 is 0 Å². The van der Waals surface area contributed by atoms with Gasteiger partial charge in [0.1, 0.15) is 38.5 Å². The van der Waals surface area contributed by atoms with Gasteiger partial charge in [-0.25, -0.2) is 0 Å². The summed E-state index contributed by atoms with van der Waals surface area (Å²) >= 11 is 0. The van der Waals surface area contributed by atoms with Crippen molar-refractivity contribution in [1.29, 1.82) is 0 Å². The van der Waals surface area contributed by atoms with Crippen LogP contribution in [0.3, 0.4) is 0 Å². The number of aromatic hydroxyl groups is 1. The van der Waals surface area contributed by atoms with Gasteiger partial charge in [0.05, 0.1) is 17.7 Å². The molecule has 5 nitrogen and oxygen atoms in total. The lowest BCUT2D eigenvalue weighted by atomic mass is 10.0. The zero-order valence-electron chi connectivity index (χ0n) is 16.5. The first-order chi connectivity index (χ1) is 13.5. The maximum absolute atomic E-state index is 12.8. The fourth-order valence-corrected chi connectivity index (χ4v) is 4.12. The molecule has 2 aromatic carbocycles. The van der Waals surface area contributed by atoms with Crippen LogP contribution < -0.4 is 14.5 Å². The number of ether oxygens (including phenoxy) is 1. The van der Waals surface area contributed by atoms with Gasteiger partial charge in [-0.15, -0.1) is 0 Å². The largest absolute Gasteiger partial charge is 0.507 e. The van der Waals surface area contributed by atoms with Gasteiger partial charge in [0, 0.05) is 0 Å². The van der Waals surface area contributed by atoms with E-state index >= 15 is 0 Å². The van der Waals surface area contributed by atoms with Crippen LogP contribution in [0, 0.1) is 6.92 Å². The van der Waals surface area contributed by atoms with E-state index in [-0.39, 0.29) is 11.5 Å². The molecule has 3 N–H and O–H groups in total. The number of nitrogens with one attached hydrogen (secondary N) is 2. The Kier molecular flexibility index (Phi) is 5.20. The molecule has 1 fully saturated rings. The van der Waals surface area contributed by atoms with E-state index in [0.29, 0.717) is 23.6 Å². The third-order valence-electron chi connectivity index (χ3n) is 5.85. The van der Waals surface area contributed by atoms with Gasteiger partial charge in [0.15, 0.2) is 11.5 Å². The molecule has 2 aliphatic rings. The van der Waals surface area contributed by atoms with Gasteiger partial charge >= 0.3 is 0 Å². The Hall–Kier alpha value is -2.63. The number of likely N-dealkylation sites (N-methyl/N-ethyl adjacent to an activating group) is 1. The van der Waals surface area contributed by atoms with Crippen molar-refractivity contribution in [3.63, 3.8) is 0 Å². The Morgan fingerprint density at radius 1 is 1.11 bits per heavy atom. The standard InChI is InChI=1S/C23H26N2O3/c1-3-24-9-11-25(12-10-24)15-19-20(26)8-7-18-22(27)21(28-23(18)19)14-17-6-4-5-16(2)13-17/h4-8,13-14,26H,3,9-12,15H2,1-2H3/p+2/b21-14-. The predicted molar refractivity (Wildman–Crippen MR) is 108 cm³/mol. The molecule has 0 amide bonds. The lowest BCUT2D eigenvalue weighted by Crippen LogP contribution is -3.27. The first-order valence-corrected chi connectivity index (χ1v) is 10.1. The van der Waals surface area contributed by atoms with Gasteiger partial charge in [0.2, 0.25) is 5.78 Å². The molecule has 0 unspecified atom stereocenters. The van der Waals surface area contributed by atoms with Crippen molar-refractivity contribution in [1.82, 2.24) is 0 Å². The fourth-order valence-electron chi connectivity index (χ4n) is 4.12. The molecule has 0 atom stereocenters. The Morgan fingerprint density at radius 2 is 1.86 bits per heavy atom. The molecule has 0 aromatic heterocycles. The van der Waals surface area contributed by atoms with Crippen molar-refractivity contribution >= 4 is 11.9 Å². The minimum atomic E-state index is -0.118. The van der Waals surface area contributed by atoms with Crippen molar-refractivity contribution in [3.05, 3.63) is 64.4 Å². The summed E-state index contributed by atoms with van der Waals surface area (Å²) < 4.78 is 5.99. The van der Waals surface area contributed by atoms with Gasteiger partial charge in [-0.05, 0) is 37.6 Å². The molecule has 146 valence electrons. The van der Waals surface area contributed by atoms with Crippen LogP contribution in [0.1, 0.15) is 34.0 Å². The Balaban J connectivity index is 1.59. The third kappa shape index (κ3) is 3.68. The number of piperazine rings is 1. The highest BCUT2D eigenvalue weighted by Gasteiger charge is 2.33. The average molecular weight is 380 g/mol. The van der Waals surface area contributed by atoms with Crippen LogP contribution in [-0.2, 0) is 6.54 Å². The summed E-state index contributed by atoms with van der Waals surface area (Å²) in [4.78, 5) is 15.9. The highest BCUT2D eigenvalue weighted by Crippen LogP contribution is 2.39. The number of Topliss-reactive ketones (excluding diaryl/α,β-unsaturated/α-hetero) is 1. The van der Waals surface area contributed by atoms with E-state index < -0.39 is 0 Å². The summed E-state index contributed by atoms with van der Waals surface area (Å²) in [5.74, 6) is 0.943. The lowest BCUT2D eigenvalue weighted by molar-refractivity contribution is -1.02. The highest BCUT2D eigenvalue weighted by molar-refractivity contribution is 6.14. The van der Waals surface area contributed by atoms with Crippen LogP contribution in [0.5, 0.6) is 11.5 Å². The number of phenolic OH excluding ortho intramolecular Hbond substituents is 1. The number of ketones is 1. The molecule has 0 aliphatic carbocycles. The fraction of sp³-hybridized carbons (Fsp3) is 0.348. The van der Waals surface area contributed by atoms with Crippen LogP contribution in [0.25, 0.3) is 6.08 Å². The monoisotopic (exact) mass is 380 g/mol. The zero-order valence-corrected chi connectivity index (χ0v) is 16.5. The molecule has 5 heteroatoms. The summed E-state index contributed by atoms with van der Waals surface area (Å²) in [6.07, 6.45) is 1.78. The first kappa shape index (κ1) is 18.7. The number of allylic oxidation sites excluding steroid dienone is 1. The molecule has 2 heterocycles. The number of benzene rings is 2. The number of aryl methyl sites for hydroxylation is 1. The molecule has 0 saturated carbocycles. The molecule has 2 aromatic rings. The van der Waals surface area contributed by atoms with E-state index in [1.165, 1.54) is 4.90 Å². The Bertz CT molecular complexity index is 927. The third-order valence-corrected chi connectivity index (χ3v) is 5.85. The first-order valence-electron chi connectivity index (χ1n) is 10.1. The summed E-state index contributed by atoms with van der Waals surface area (Å²) in [5.41, 5.74) is 3.36. The van der Waals surface area contributed by atoms with Crippen LogP contribution in [-0.4, -0.2) is 43.6 Å². The molecular weight excluding hydrogens is 352 g/mol. The van der Waals surface area contributed by atoms with Crippen molar-refractivity contribution in [2.75, 3.05) is 32.7 Å². The topological polar surface area (TPSA) is 55.4 Å². The van der Waals surface area contributed by atoms with Crippen molar-refractivity contribution in [3.8, 4) is 11.5 Å². The van der Waals surface area contributed by atoms with Crippen LogP contribution in [0.15, 0.2) is 42.2 Å². The quantitative estimate of drug-likeness (QED) is 0.682. The maximum Gasteiger partial charge on any atom is 0.231 e. The molecule has 2 aliphatic heterocycles. The highest BCUT2D eigenvalue weighted by atomic mass is 16.5. The van der Waals surface area contributed by atoms with E-state index in [1.807, 2.05) is 31.2 Å². The van der Waals surface area contributed by atoms with Crippen LogP contribution in [0.2, 0.25) is 0 Å². The second kappa shape index (κ2) is 7.78. The summed E-state index contributed by atoms with van der Waals surface area (Å²) in [7, 11) is 0. The number of quaternary nitrogens is 2.